The minimum atomic E-state index is -1.39. The van der Waals surface area contributed by atoms with Crippen LogP contribution in [-0.4, -0.2) is 47.1 Å². The topological polar surface area (TPSA) is 118 Å². The Morgan fingerprint density at radius 1 is 1.15 bits per heavy atom. The minimum absolute atomic E-state index is 0.287. The van der Waals surface area contributed by atoms with E-state index < -0.39 is 36.0 Å². The average Bonchev–Trinajstić information content (AvgIpc) is 3.64. The molecule has 0 aliphatic carbocycles. The molecule has 5 rings (SSSR count). The van der Waals surface area contributed by atoms with Crippen LogP contribution in [0.1, 0.15) is 36.5 Å². The number of hydrazone groups is 1. The monoisotopic (exact) mass is 462 g/mol. The van der Waals surface area contributed by atoms with Crippen LogP contribution in [0.5, 0.6) is 5.75 Å². The molecule has 174 valence electrons. The molecular weight excluding hydrogens is 440 g/mol. The number of carbonyl (C=O) groups excluding carboxylic acids is 3. The minimum Gasteiger partial charge on any atom is -0.497 e. The number of hydrogen-bond donors (Lipinski definition) is 1. The smallest absolute Gasteiger partial charge is 0.325 e. The quantitative estimate of drug-likeness (QED) is 0.563. The SMILES string of the molecule is COc1ccc(C2=NN(C(=O)CN3C(=O)N[C@@](C)(c4ccco4)C3=O)[C@@H](c3ccco3)C2)cc1. The van der Waals surface area contributed by atoms with Gasteiger partial charge in [-0.15, -0.1) is 0 Å². The number of furan rings is 2. The molecule has 4 heterocycles. The maximum atomic E-state index is 13.3. The summed E-state index contributed by atoms with van der Waals surface area (Å²) < 4.78 is 16.1. The molecule has 34 heavy (non-hydrogen) atoms. The molecule has 2 aromatic heterocycles. The molecule has 0 unspecified atom stereocenters. The van der Waals surface area contributed by atoms with E-state index in [1.807, 2.05) is 24.3 Å². The van der Waals surface area contributed by atoms with E-state index in [1.54, 1.807) is 31.4 Å². The summed E-state index contributed by atoms with van der Waals surface area (Å²) in [5.74, 6) is 0.454. The van der Waals surface area contributed by atoms with E-state index in [9.17, 15) is 14.4 Å². The summed E-state index contributed by atoms with van der Waals surface area (Å²) in [7, 11) is 1.59. The Morgan fingerprint density at radius 3 is 2.53 bits per heavy atom. The zero-order valence-corrected chi connectivity index (χ0v) is 18.6. The Labute approximate surface area is 194 Å². The molecule has 0 saturated carbocycles. The van der Waals surface area contributed by atoms with Gasteiger partial charge in [0.2, 0.25) is 0 Å². The van der Waals surface area contributed by atoms with Gasteiger partial charge in [0.05, 0.1) is 25.3 Å². The van der Waals surface area contributed by atoms with Crippen molar-refractivity contribution >= 4 is 23.6 Å². The highest BCUT2D eigenvalue weighted by Crippen LogP contribution is 2.34. The van der Waals surface area contributed by atoms with Crippen LogP contribution in [0.3, 0.4) is 0 Å². The summed E-state index contributed by atoms with van der Waals surface area (Å²) in [5, 5.41) is 8.44. The highest BCUT2D eigenvalue weighted by molar-refractivity contribution is 6.09. The first kappa shape index (κ1) is 21.5. The average molecular weight is 462 g/mol. The molecule has 2 aliphatic heterocycles. The number of urea groups is 1. The van der Waals surface area contributed by atoms with Crippen molar-refractivity contribution in [2.24, 2.45) is 5.10 Å². The lowest BCUT2D eigenvalue weighted by Gasteiger charge is -2.23. The number of imide groups is 1. The number of carbonyl (C=O) groups is 3. The molecule has 0 spiro atoms. The molecule has 1 aromatic carbocycles. The van der Waals surface area contributed by atoms with Gasteiger partial charge in [0.15, 0.2) is 5.54 Å². The standard InChI is InChI=1S/C24H22N4O6/c1-24(20-6-4-12-34-20)22(30)27(23(31)25-24)14-21(29)28-18(19-5-3-11-33-19)13-17(26-28)15-7-9-16(32-2)10-8-15/h3-12,18H,13-14H2,1-2H3,(H,25,31)/t18-,24+/m1/s1. The van der Waals surface area contributed by atoms with Gasteiger partial charge in [-0.25, -0.2) is 9.80 Å². The maximum absolute atomic E-state index is 13.3. The van der Waals surface area contributed by atoms with Gasteiger partial charge < -0.3 is 18.9 Å². The van der Waals surface area contributed by atoms with Gasteiger partial charge in [-0.05, 0) is 61.0 Å². The lowest BCUT2D eigenvalue weighted by molar-refractivity contribution is -0.140. The lowest BCUT2D eigenvalue weighted by atomic mass is 9.99. The number of nitrogens with one attached hydrogen (secondary N) is 1. The van der Waals surface area contributed by atoms with Gasteiger partial charge in [0.1, 0.15) is 29.9 Å². The fraction of sp³-hybridized carbons (Fsp3) is 0.250. The van der Waals surface area contributed by atoms with Gasteiger partial charge >= 0.3 is 6.03 Å². The highest BCUT2D eigenvalue weighted by Gasteiger charge is 2.52. The highest BCUT2D eigenvalue weighted by atomic mass is 16.5. The van der Waals surface area contributed by atoms with Gasteiger partial charge in [-0.1, -0.05) is 0 Å². The van der Waals surface area contributed by atoms with Crippen LogP contribution in [0.2, 0.25) is 0 Å². The number of methoxy groups -OCH3 is 1. The zero-order chi connectivity index (χ0) is 23.9. The van der Waals surface area contributed by atoms with Crippen molar-refractivity contribution < 1.29 is 28.0 Å². The fourth-order valence-corrected chi connectivity index (χ4v) is 4.18. The molecule has 1 fully saturated rings. The van der Waals surface area contributed by atoms with Crippen molar-refractivity contribution in [3.8, 4) is 5.75 Å². The van der Waals surface area contributed by atoms with Crippen molar-refractivity contribution in [2.45, 2.75) is 24.9 Å². The number of rotatable bonds is 6. The Morgan fingerprint density at radius 2 is 1.88 bits per heavy atom. The number of hydrogen-bond acceptors (Lipinski definition) is 7. The van der Waals surface area contributed by atoms with Crippen LogP contribution in [0, 0.1) is 0 Å². The third kappa shape index (κ3) is 3.53. The Hall–Kier alpha value is -4.34. The maximum Gasteiger partial charge on any atom is 0.325 e. The first-order valence-electron chi connectivity index (χ1n) is 10.7. The third-order valence-electron chi connectivity index (χ3n) is 6.04. The molecule has 4 amide bonds. The Balaban J connectivity index is 1.40. The van der Waals surface area contributed by atoms with E-state index in [0.717, 1.165) is 10.5 Å². The van der Waals surface area contributed by atoms with Crippen molar-refractivity contribution in [1.29, 1.82) is 0 Å². The molecule has 3 aromatic rings. The molecule has 2 aliphatic rings. The molecule has 10 heteroatoms. The van der Waals surface area contributed by atoms with Gasteiger partial charge in [0.25, 0.3) is 11.8 Å². The van der Waals surface area contributed by atoms with E-state index in [4.69, 9.17) is 13.6 Å². The fourth-order valence-electron chi connectivity index (χ4n) is 4.18. The van der Waals surface area contributed by atoms with Crippen LogP contribution in [0.15, 0.2) is 75.0 Å². The van der Waals surface area contributed by atoms with Gasteiger partial charge in [-0.2, -0.15) is 5.10 Å². The Bertz CT molecular complexity index is 1250. The first-order valence-corrected chi connectivity index (χ1v) is 10.7. The predicted octanol–water partition coefficient (Wildman–Crippen LogP) is 3.03. The number of ether oxygens (including phenoxy) is 1. The predicted molar refractivity (Wildman–Crippen MR) is 119 cm³/mol. The van der Waals surface area contributed by atoms with E-state index in [0.29, 0.717) is 23.6 Å². The molecule has 10 nitrogen and oxygen atoms in total. The normalized spacial score (nSPS) is 22.2. The first-order chi connectivity index (χ1) is 16.4. The van der Waals surface area contributed by atoms with Crippen molar-refractivity contribution in [3.05, 3.63) is 78.1 Å². The van der Waals surface area contributed by atoms with Crippen LogP contribution in [0.4, 0.5) is 4.79 Å². The summed E-state index contributed by atoms with van der Waals surface area (Å²) in [5.41, 5.74) is 0.118. The number of amides is 4. The van der Waals surface area contributed by atoms with Crippen molar-refractivity contribution in [2.75, 3.05) is 13.7 Å². The van der Waals surface area contributed by atoms with Gasteiger partial charge in [0, 0.05) is 6.42 Å². The van der Waals surface area contributed by atoms with Gasteiger partial charge in [-0.3, -0.25) is 14.5 Å². The molecule has 0 radical (unpaired) electrons. The van der Waals surface area contributed by atoms with Crippen LogP contribution >= 0.6 is 0 Å². The van der Waals surface area contributed by atoms with Crippen LogP contribution in [-0.2, 0) is 15.1 Å². The molecule has 1 saturated heterocycles. The second-order valence-corrected chi connectivity index (χ2v) is 8.17. The van der Waals surface area contributed by atoms with E-state index in [2.05, 4.69) is 10.4 Å². The largest absolute Gasteiger partial charge is 0.497 e. The summed E-state index contributed by atoms with van der Waals surface area (Å²) in [6, 6.07) is 12.9. The Kier molecular flexibility index (Phi) is 5.20. The molecule has 1 N–H and O–H groups in total. The summed E-state index contributed by atoms with van der Waals surface area (Å²) >= 11 is 0. The summed E-state index contributed by atoms with van der Waals surface area (Å²) in [6.45, 7) is 1.07. The van der Waals surface area contributed by atoms with Crippen LogP contribution in [0.25, 0.3) is 0 Å². The second kappa shape index (κ2) is 8.22. The number of nitrogens with zero attached hydrogens (tertiary/aromatic N) is 3. The lowest BCUT2D eigenvalue weighted by Crippen LogP contribution is -2.43. The molecular formula is C24H22N4O6. The van der Waals surface area contributed by atoms with E-state index in [-0.39, 0.29) is 5.76 Å². The summed E-state index contributed by atoms with van der Waals surface area (Å²) in [6.07, 6.45) is 3.35. The molecule has 0 bridgehead atoms. The van der Waals surface area contributed by atoms with Crippen LogP contribution < -0.4 is 10.1 Å². The third-order valence-corrected chi connectivity index (χ3v) is 6.04. The van der Waals surface area contributed by atoms with Crippen molar-refractivity contribution in [1.82, 2.24) is 15.2 Å². The number of benzene rings is 1. The van der Waals surface area contributed by atoms with Crippen molar-refractivity contribution in [3.63, 3.8) is 0 Å². The summed E-state index contributed by atoms with van der Waals surface area (Å²) in [4.78, 5) is 39.9. The molecule has 2 atom stereocenters. The second-order valence-electron chi connectivity index (χ2n) is 8.17. The van der Waals surface area contributed by atoms with E-state index in [1.165, 1.54) is 24.5 Å². The zero-order valence-electron chi connectivity index (χ0n) is 18.6. The van der Waals surface area contributed by atoms with E-state index >= 15 is 0 Å².